The minimum atomic E-state index is -0.242. The molecule has 0 saturated heterocycles. The molecular formula is C29H25BrN2O5. The van der Waals surface area contributed by atoms with Crippen molar-refractivity contribution in [2.45, 2.75) is 13.0 Å². The van der Waals surface area contributed by atoms with E-state index in [2.05, 4.69) is 50.7 Å². The molecule has 0 radical (unpaired) electrons. The number of halogens is 1. The first-order chi connectivity index (χ1) is 18.1. The van der Waals surface area contributed by atoms with Gasteiger partial charge < -0.3 is 18.9 Å². The van der Waals surface area contributed by atoms with Gasteiger partial charge in [0.2, 0.25) is 5.91 Å². The summed E-state index contributed by atoms with van der Waals surface area (Å²) in [5.41, 5.74) is 5.20. The molecule has 0 atom stereocenters. The Hall–Kier alpha value is -4.04. The Labute approximate surface area is 223 Å². The molecule has 0 aliphatic carbocycles. The Morgan fingerprint density at radius 2 is 1.84 bits per heavy atom. The van der Waals surface area contributed by atoms with Gasteiger partial charge in [-0.1, -0.05) is 48.5 Å². The molecule has 0 bridgehead atoms. The van der Waals surface area contributed by atoms with Crippen LogP contribution in [0.3, 0.4) is 0 Å². The monoisotopic (exact) mass is 560 g/mol. The van der Waals surface area contributed by atoms with E-state index >= 15 is 0 Å². The molecule has 0 aromatic heterocycles. The van der Waals surface area contributed by atoms with E-state index in [1.165, 1.54) is 0 Å². The normalized spacial score (nSPS) is 12.5. The van der Waals surface area contributed by atoms with E-state index in [1.54, 1.807) is 19.4 Å². The summed E-state index contributed by atoms with van der Waals surface area (Å²) in [4.78, 5) is 12.4. The van der Waals surface area contributed by atoms with Gasteiger partial charge in [0.25, 0.3) is 0 Å². The fraction of sp³-hybridized carbons (Fsp3) is 0.172. The summed E-state index contributed by atoms with van der Waals surface area (Å²) < 4.78 is 23.5. The van der Waals surface area contributed by atoms with Crippen LogP contribution in [0.15, 0.2) is 82.4 Å². The highest BCUT2D eigenvalue weighted by Crippen LogP contribution is 2.37. The fourth-order valence-electron chi connectivity index (χ4n) is 4.12. The molecule has 188 valence electrons. The van der Waals surface area contributed by atoms with Crippen LogP contribution in [-0.2, 0) is 17.8 Å². The van der Waals surface area contributed by atoms with Gasteiger partial charge in [-0.25, -0.2) is 5.43 Å². The van der Waals surface area contributed by atoms with Crippen LogP contribution in [0.4, 0.5) is 0 Å². The first-order valence-corrected chi connectivity index (χ1v) is 12.6. The predicted octanol–water partition coefficient (Wildman–Crippen LogP) is 5.65. The number of hydrogen-bond donors (Lipinski definition) is 1. The van der Waals surface area contributed by atoms with Gasteiger partial charge in [0.1, 0.15) is 19.8 Å². The number of ether oxygens (including phenoxy) is 4. The zero-order valence-corrected chi connectivity index (χ0v) is 21.8. The van der Waals surface area contributed by atoms with Crippen LogP contribution in [0, 0.1) is 0 Å². The SMILES string of the molecule is COc1cc(/C=N/NC(=O)Cc2ccc3c(c2)OCCO3)cc(Br)c1OCc1cccc2ccccc12. The van der Waals surface area contributed by atoms with Crippen LogP contribution in [0.1, 0.15) is 16.7 Å². The predicted molar refractivity (Wildman–Crippen MR) is 146 cm³/mol. The summed E-state index contributed by atoms with van der Waals surface area (Å²) in [6, 6.07) is 23.5. The minimum absolute atomic E-state index is 0.169. The van der Waals surface area contributed by atoms with Gasteiger partial charge in [-0.2, -0.15) is 5.10 Å². The number of amides is 1. The standard InChI is InChI=1S/C29H25BrN2O5/c1-34-27-15-20(17-31-32-28(33)16-19-9-10-25-26(14-19)36-12-11-35-25)13-24(30)29(27)37-18-22-7-4-6-21-5-2-3-8-23(21)22/h2-10,13-15,17H,11-12,16,18H2,1H3,(H,32,33)/b31-17+. The molecule has 1 aliphatic rings. The molecule has 0 saturated carbocycles. The van der Waals surface area contributed by atoms with E-state index in [-0.39, 0.29) is 12.3 Å². The summed E-state index contributed by atoms with van der Waals surface area (Å²) in [6.45, 7) is 1.42. The lowest BCUT2D eigenvalue weighted by atomic mass is 10.1. The van der Waals surface area contributed by atoms with Crippen molar-refractivity contribution in [3.05, 3.63) is 94.0 Å². The van der Waals surface area contributed by atoms with E-state index < -0.39 is 0 Å². The van der Waals surface area contributed by atoms with Crippen molar-refractivity contribution in [1.82, 2.24) is 5.43 Å². The van der Waals surface area contributed by atoms with Crippen LogP contribution in [-0.4, -0.2) is 32.4 Å². The summed E-state index contributed by atoms with van der Waals surface area (Å²) in [5.74, 6) is 2.25. The molecule has 1 aliphatic heterocycles. The molecule has 0 unspecified atom stereocenters. The van der Waals surface area contributed by atoms with Crippen LogP contribution in [0.5, 0.6) is 23.0 Å². The van der Waals surface area contributed by atoms with Crippen LogP contribution in [0.25, 0.3) is 10.8 Å². The Balaban J connectivity index is 1.23. The molecule has 37 heavy (non-hydrogen) atoms. The smallest absolute Gasteiger partial charge is 0.244 e. The molecule has 4 aromatic carbocycles. The molecule has 1 heterocycles. The first-order valence-electron chi connectivity index (χ1n) is 11.8. The van der Waals surface area contributed by atoms with Gasteiger partial charge in [-0.15, -0.1) is 0 Å². The molecular weight excluding hydrogens is 536 g/mol. The van der Waals surface area contributed by atoms with Crippen molar-refractivity contribution in [2.75, 3.05) is 20.3 Å². The highest BCUT2D eigenvalue weighted by molar-refractivity contribution is 9.10. The quantitative estimate of drug-likeness (QED) is 0.222. The molecule has 5 rings (SSSR count). The maximum atomic E-state index is 12.4. The Morgan fingerprint density at radius 1 is 1.03 bits per heavy atom. The highest BCUT2D eigenvalue weighted by atomic mass is 79.9. The maximum Gasteiger partial charge on any atom is 0.244 e. The van der Waals surface area contributed by atoms with Gasteiger partial charge in [0, 0.05) is 0 Å². The van der Waals surface area contributed by atoms with Crippen molar-refractivity contribution in [3.8, 4) is 23.0 Å². The van der Waals surface area contributed by atoms with E-state index in [0.29, 0.717) is 42.8 Å². The lowest BCUT2D eigenvalue weighted by Gasteiger charge is -2.18. The number of benzene rings is 4. The van der Waals surface area contributed by atoms with Crippen molar-refractivity contribution in [3.63, 3.8) is 0 Å². The second-order valence-electron chi connectivity index (χ2n) is 8.41. The summed E-state index contributed by atoms with van der Waals surface area (Å²) in [6.07, 6.45) is 1.73. The number of fused-ring (bicyclic) bond motifs is 2. The number of hydrazone groups is 1. The molecule has 1 amide bonds. The summed E-state index contributed by atoms with van der Waals surface area (Å²) in [5, 5.41) is 6.41. The van der Waals surface area contributed by atoms with Crippen LogP contribution in [0.2, 0.25) is 0 Å². The third kappa shape index (κ3) is 5.86. The zero-order valence-electron chi connectivity index (χ0n) is 20.2. The lowest BCUT2D eigenvalue weighted by Crippen LogP contribution is -2.20. The number of carbonyl (C=O) groups excluding carboxylic acids is 1. The van der Waals surface area contributed by atoms with Gasteiger partial charge in [-0.05, 0) is 67.7 Å². The number of hydrogen-bond acceptors (Lipinski definition) is 6. The highest BCUT2D eigenvalue weighted by Gasteiger charge is 2.14. The lowest BCUT2D eigenvalue weighted by molar-refractivity contribution is -0.120. The van der Waals surface area contributed by atoms with Crippen molar-refractivity contribution in [2.24, 2.45) is 5.10 Å². The largest absolute Gasteiger partial charge is 0.493 e. The van der Waals surface area contributed by atoms with Gasteiger partial charge in [0.15, 0.2) is 23.0 Å². The van der Waals surface area contributed by atoms with Crippen molar-refractivity contribution >= 4 is 38.8 Å². The van der Waals surface area contributed by atoms with Crippen LogP contribution < -0.4 is 24.4 Å². The number of carbonyl (C=O) groups is 1. The third-order valence-electron chi connectivity index (χ3n) is 5.88. The zero-order chi connectivity index (χ0) is 25.6. The van der Waals surface area contributed by atoms with E-state index in [0.717, 1.165) is 31.9 Å². The van der Waals surface area contributed by atoms with Gasteiger partial charge >= 0.3 is 0 Å². The fourth-order valence-corrected chi connectivity index (χ4v) is 4.70. The number of nitrogens with one attached hydrogen (secondary N) is 1. The number of methoxy groups -OCH3 is 1. The molecule has 0 fully saturated rings. The summed E-state index contributed by atoms with van der Waals surface area (Å²) in [7, 11) is 1.59. The molecule has 4 aromatic rings. The van der Waals surface area contributed by atoms with E-state index in [4.69, 9.17) is 18.9 Å². The second kappa shape index (κ2) is 11.3. The second-order valence-corrected chi connectivity index (χ2v) is 9.26. The molecule has 7 nitrogen and oxygen atoms in total. The molecule has 8 heteroatoms. The molecule has 0 spiro atoms. The Morgan fingerprint density at radius 3 is 2.70 bits per heavy atom. The maximum absolute atomic E-state index is 12.4. The number of rotatable bonds is 8. The first kappa shape index (κ1) is 24.6. The average molecular weight is 561 g/mol. The van der Waals surface area contributed by atoms with Gasteiger partial charge in [0.05, 0.1) is 24.2 Å². The topological polar surface area (TPSA) is 78.4 Å². The van der Waals surface area contributed by atoms with Crippen molar-refractivity contribution < 1.29 is 23.7 Å². The molecule has 1 N–H and O–H groups in total. The number of nitrogens with zero attached hydrogens (tertiary/aromatic N) is 1. The van der Waals surface area contributed by atoms with Crippen molar-refractivity contribution in [1.29, 1.82) is 0 Å². The Bertz CT molecular complexity index is 1470. The minimum Gasteiger partial charge on any atom is -0.493 e. The van der Waals surface area contributed by atoms with E-state index in [1.807, 2.05) is 42.5 Å². The summed E-state index contributed by atoms with van der Waals surface area (Å²) >= 11 is 3.58. The van der Waals surface area contributed by atoms with Gasteiger partial charge in [-0.3, -0.25) is 4.79 Å². The third-order valence-corrected chi connectivity index (χ3v) is 6.47. The van der Waals surface area contributed by atoms with E-state index in [9.17, 15) is 4.79 Å². The van der Waals surface area contributed by atoms with Crippen LogP contribution >= 0.6 is 15.9 Å². The Kier molecular flexibility index (Phi) is 7.56. The average Bonchev–Trinajstić information content (AvgIpc) is 2.92.